The van der Waals surface area contributed by atoms with Crippen LogP contribution in [0.5, 0.6) is 0 Å². The highest BCUT2D eigenvalue weighted by atomic mass is 35.5. The maximum atomic E-state index is 13.6. The van der Waals surface area contributed by atoms with Crippen molar-refractivity contribution in [2.45, 2.75) is 19.5 Å². The minimum Gasteiger partial charge on any atom is -0.310 e. The van der Waals surface area contributed by atoms with Crippen LogP contribution in [-0.2, 0) is 20.8 Å². The lowest BCUT2D eigenvalue weighted by molar-refractivity contribution is -0.137. The maximum absolute atomic E-state index is 13.6. The van der Waals surface area contributed by atoms with Crippen molar-refractivity contribution in [3.05, 3.63) is 64.2 Å². The number of hydrogen-bond acceptors (Lipinski definition) is 4. The van der Waals surface area contributed by atoms with E-state index >= 15 is 0 Å². The van der Waals surface area contributed by atoms with Crippen molar-refractivity contribution >= 4 is 38.7 Å². The number of benzene rings is 2. The molecule has 0 radical (unpaired) electrons. The van der Waals surface area contributed by atoms with Gasteiger partial charge in [-0.1, -0.05) is 36.7 Å². The van der Waals surface area contributed by atoms with Gasteiger partial charge in [0.15, 0.2) is 0 Å². The van der Waals surface area contributed by atoms with Crippen molar-refractivity contribution in [1.29, 1.82) is 0 Å². The van der Waals surface area contributed by atoms with Gasteiger partial charge in [0.25, 0.3) is 0 Å². The van der Waals surface area contributed by atoms with Crippen LogP contribution in [0.15, 0.2) is 47.5 Å². The summed E-state index contributed by atoms with van der Waals surface area (Å²) >= 11 is 6.12. The number of carbonyl (C=O) groups excluding carboxylic acids is 1. The van der Waals surface area contributed by atoms with Gasteiger partial charge in [-0.3, -0.25) is 9.79 Å². The number of rotatable bonds is 6. The number of aliphatic imine (C=N–C) groups is 1. The van der Waals surface area contributed by atoms with Crippen LogP contribution in [0.4, 0.5) is 18.9 Å². The lowest BCUT2D eigenvalue weighted by Gasteiger charge is -2.23. The van der Waals surface area contributed by atoms with Gasteiger partial charge in [-0.2, -0.15) is 13.2 Å². The van der Waals surface area contributed by atoms with Crippen LogP contribution in [0.3, 0.4) is 0 Å². The molecular formula is C21H20ClF3N2O3S. The molecule has 31 heavy (non-hydrogen) atoms. The van der Waals surface area contributed by atoms with Gasteiger partial charge in [0.1, 0.15) is 16.4 Å². The van der Waals surface area contributed by atoms with E-state index in [1.54, 1.807) is 13.0 Å². The Morgan fingerprint density at radius 2 is 1.84 bits per heavy atom. The second-order valence-corrected chi connectivity index (χ2v) is 9.91. The zero-order chi connectivity index (χ0) is 22.8. The topological polar surface area (TPSA) is 66.8 Å². The average Bonchev–Trinajstić information content (AvgIpc) is 2.84. The molecule has 0 saturated carbocycles. The first-order chi connectivity index (χ1) is 14.5. The standard InChI is InChI=1S/C21H20ClF3N2O3S/c1-2-31(29,30)11-5-10-27-18-9-8-14(22)12-16(18)20(26-13-19(27)28)15-6-3-4-7-17(15)21(23,24)25/h3-4,6-9,12H,2,5,10-11,13H2,1H3. The Hall–Kier alpha value is -2.39. The molecule has 2 aromatic rings. The number of nitrogens with zero attached hydrogens (tertiary/aromatic N) is 2. The van der Waals surface area contributed by atoms with E-state index in [-0.39, 0.29) is 52.9 Å². The number of benzodiazepines with no additional fused rings is 1. The molecule has 2 aromatic carbocycles. The largest absolute Gasteiger partial charge is 0.417 e. The minimum atomic E-state index is -4.61. The zero-order valence-corrected chi connectivity index (χ0v) is 18.2. The number of anilines is 1. The lowest BCUT2D eigenvalue weighted by Crippen LogP contribution is -2.34. The highest BCUT2D eigenvalue weighted by molar-refractivity contribution is 7.91. The van der Waals surface area contributed by atoms with Crippen LogP contribution in [0.2, 0.25) is 5.02 Å². The molecule has 0 saturated heterocycles. The summed E-state index contributed by atoms with van der Waals surface area (Å²) in [7, 11) is -3.22. The van der Waals surface area contributed by atoms with Crippen molar-refractivity contribution in [2.24, 2.45) is 4.99 Å². The van der Waals surface area contributed by atoms with Crippen LogP contribution in [0.1, 0.15) is 30.0 Å². The summed E-state index contributed by atoms with van der Waals surface area (Å²) in [4.78, 5) is 18.3. The molecule has 0 atom stereocenters. The van der Waals surface area contributed by atoms with E-state index in [2.05, 4.69) is 4.99 Å². The number of alkyl halides is 3. The Balaban J connectivity index is 2.07. The Morgan fingerprint density at radius 3 is 2.52 bits per heavy atom. The van der Waals surface area contributed by atoms with Gasteiger partial charge < -0.3 is 4.90 Å². The molecule has 166 valence electrons. The molecule has 10 heteroatoms. The Bertz CT molecular complexity index is 1130. The molecule has 0 aliphatic carbocycles. The number of fused-ring (bicyclic) bond motifs is 1. The van der Waals surface area contributed by atoms with E-state index < -0.39 is 27.5 Å². The molecule has 0 N–H and O–H groups in total. The van der Waals surface area contributed by atoms with Gasteiger partial charge in [0.05, 0.1) is 22.7 Å². The van der Waals surface area contributed by atoms with Crippen molar-refractivity contribution in [1.82, 2.24) is 0 Å². The summed E-state index contributed by atoms with van der Waals surface area (Å²) in [5.41, 5.74) is -0.372. The maximum Gasteiger partial charge on any atom is 0.417 e. The first-order valence-corrected chi connectivity index (χ1v) is 11.7. The van der Waals surface area contributed by atoms with Gasteiger partial charge in [-0.15, -0.1) is 0 Å². The molecule has 1 heterocycles. The van der Waals surface area contributed by atoms with Gasteiger partial charge in [-0.25, -0.2) is 8.42 Å². The number of sulfone groups is 1. The minimum absolute atomic E-state index is 0.00533. The summed E-state index contributed by atoms with van der Waals surface area (Å²) in [6, 6.07) is 9.56. The van der Waals surface area contributed by atoms with Gasteiger partial charge in [-0.05, 0) is 30.7 Å². The monoisotopic (exact) mass is 472 g/mol. The van der Waals surface area contributed by atoms with Crippen LogP contribution >= 0.6 is 11.6 Å². The molecule has 1 aliphatic rings. The summed E-state index contributed by atoms with van der Waals surface area (Å²) in [5.74, 6) is -0.535. The van der Waals surface area contributed by atoms with Gasteiger partial charge in [0, 0.05) is 28.4 Å². The predicted octanol–water partition coefficient (Wildman–Crippen LogP) is 4.37. The van der Waals surface area contributed by atoms with Gasteiger partial charge >= 0.3 is 6.18 Å². The molecule has 1 amide bonds. The molecule has 3 rings (SSSR count). The smallest absolute Gasteiger partial charge is 0.310 e. The summed E-state index contributed by atoms with van der Waals surface area (Å²) in [6.07, 6.45) is -4.42. The molecule has 0 bridgehead atoms. The first kappa shape index (κ1) is 23.3. The molecule has 0 unspecified atom stereocenters. The van der Waals surface area contributed by atoms with Crippen LogP contribution < -0.4 is 4.90 Å². The molecule has 5 nitrogen and oxygen atoms in total. The molecule has 0 fully saturated rings. The molecule has 1 aliphatic heterocycles. The van der Waals surface area contributed by atoms with Gasteiger partial charge in [0.2, 0.25) is 5.91 Å². The SMILES string of the molecule is CCS(=O)(=O)CCCN1C(=O)CN=C(c2ccccc2C(F)(F)F)c2cc(Cl)ccc21. The average molecular weight is 473 g/mol. The third-order valence-corrected chi connectivity index (χ3v) is 6.97. The molecule has 0 spiro atoms. The number of halogens is 4. The van der Waals surface area contributed by atoms with E-state index in [1.807, 2.05) is 0 Å². The van der Waals surface area contributed by atoms with E-state index in [9.17, 15) is 26.4 Å². The lowest BCUT2D eigenvalue weighted by atomic mass is 9.95. The Labute approximate surface area is 183 Å². The second-order valence-electron chi connectivity index (χ2n) is 7.00. The Morgan fingerprint density at radius 1 is 1.13 bits per heavy atom. The third kappa shape index (κ3) is 5.27. The molecular weight excluding hydrogens is 453 g/mol. The normalized spacial score (nSPS) is 14.8. The van der Waals surface area contributed by atoms with Crippen molar-refractivity contribution < 1.29 is 26.4 Å². The highest BCUT2D eigenvalue weighted by Gasteiger charge is 2.36. The second kappa shape index (κ2) is 9.00. The Kier molecular flexibility index (Phi) is 6.76. The number of hydrogen-bond donors (Lipinski definition) is 0. The van der Waals surface area contributed by atoms with Crippen molar-refractivity contribution in [3.63, 3.8) is 0 Å². The van der Waals surface area contributed by atoms with Crippen LogP contribution in [-0.4, -0.2) is 44.6 Å². The fraction of sp³-hybridized carbons (Fsp3) is 0.333. The third-order valence-electron chi connectivity index (χ3n) is 4.94. The fourth-order valence-electron chi connectivity index (χ4n) is 3.38. The van der Waals surface area contributed by atoms with E-state index in [0.29, 0.717) is 5.69 Å². The zero-order valence-electron chi connectivity index (χ0n) is 16.6. The van der Waals surface area contributed by atoms with Crippen molar-refractivity contribution in [2.75, 3.05) is 29.5 Å². The predicted molar refractivity (Wildman–Crippen MR) is 115 cm³/mol. The number of amides is 1. The number of carbonyl (C=O) groups is 1. The van der Waals surface area contributed by atoms with E-state index in [0.717, 1.165) is 6.07 Å². The summed E-state index contributed by atoms with van der Waals surface area (Å²) in [6.45, 7) is 1.27. The fourth-order valence-corrected chi connectivity index (χ4v) is 4.41. The summed E-state index contributed by atoms with van der Waals surface area (Å²) < 4.78 is 64.4. The quantitative estimate of drug-likeness (QED) is 0.627. The van der Waals surface area contributed by atoms with Crippen LogP contribution in [0.25, 0.3) is 0 Å². The van der Waals surface area contributed by atoms with E-state index in [4.69, 9.17) is 11.6 Å². The molecule has 0 aromatic heterocycles. The summed E-state index contributed by atoms with van der Waals surface area (Å²) in [5, 5.41) is 0.277. The van der Waals surface area contributed by atoms with E-state index in [1.165, 1.54) is 35.2 Å². The first-order valence-electron chi connectivity index (χ1n) is 9.55. The van der Waals surface area contributed by atoms with Crippen molar-refractivity contribution in [3.8, 4) is 0 Å². The highest BCUT2D eigenvalue weighted by Crippen LogP contribution is 2.36. The van der Waals surface area contributed by atoms with Crippen LogP contribution in [0, 0.1) is 0 Å².